The van der Waals surface area contributed by atoms with Gasteiger partial charge in [0.05, 0.1) is 5.56 Å². The first-order chi connectivity index (χ1) is 15.4. The average molecular weight is 445 g/mol. The monoisotopic (exact) mass is 444 g/mol. The Morgan fingerprint density at radius 2 is 1.62 bits per heavy atom. The summed E-state index contributed by atoms with van der Waals surface area (Å²) in [6.07, 6.45) is 3.18. The Morgan fingerprint density at radius 3 is 2.25 bits per heavy atom. The quantitative estimate of drug-likeness (QED) is 0.651. The fraction of sp³-hybridized carbons (Fsp3) is 0.609. The van der Waals surface area contributed by atoms with Crippen molar-refractivity contribution >= 4 is 29.3 Å². The zero-order chi connectivity index (χ0) is 23.1. The van der Waals surface area contributed by atoms with Gasteiger partial charge in [0.15, 0.2) is 0 Å². The lowest BCUT2D eigenvalue weighted by Crippen LogP contribution is -2.53. The summed E-state index contributed by atoms with van der Waals surface area (Å²) in [5.74, 6) is -0.000713. The number of likely N-dealkylation sites (tertiary alicyclic amines) is 1. The highest BCUT2D eigenvalue weighted by atomic mass is 16.2. The van der Waals surface area contributed by atoms with Gasteiger partial charge in [0.25, 0.3) is 5.91 Å². The summed E-state index contributed by atoms with van der Waals surface area (Å²) >= 11 is 0. The molecule has 0 saturated carbocycles. The number of nitrogens with zero attached hydrogens (tertiary/aromatic N) is 3. The van der Waals surface area contributed by atoms with Gasteiger partial charge in [-0.05, 0) is 58.2 Å². The number of carbonyl (C=O) groups is 3. The first kappa shape index (κ1) is 23.7. The lowest BCUT2D eigenvalue weighted by molar-refractivity contribution is 0.0724. The molecule has 0 aromatic heterocycles. The first-order valence-electron chi connectivity index (χ1n) is 11.7. The van der Waals surface area contributed by atoms with Crippen LogP contribution in [-0.4, -0.2) is 79.6 Å². The van der Waals surface area contributed by atoms with E-state index in [1.165, 1.54) is 0 Å². The Kier molecular flexibility index (Phi) is 8.19. The lowest BCUT2D eigenvalue weighted by atomic mass is 10.1. The molecule has 9 heteroatoms. The van der Waals surface area contributed by atoms with Crippen LogP contribution in [0, 0.1) is 0 Å². The minimum absolute atomic E-state index is 0.000713. The summed E-state index contributed by atoms with van der Waals surface area (Å²) in [5.41, 5.74) is 2.04. The van der Waals surface area contributed by atoms with Crippen LogP contribution in [0.4, 0.5) is 21.0 Å². The molecule has 32 heavy (non-hydrogen) atoms. The number of hydrogen-bond acceptors (Lipinski definition) is 4. The predicted molar refractivity (Wildman–Crippen MR) is 126 cm³/mol. The van der Waals surface area contributed by atoms with Gasteiger partial charge in [-0.15, -0.1) is 0 Å². The molecule has 0 aliphatic carbocycles. The van der Waals surface area contributed by atoms with Gasteiger partial charge in [-0.1, -0.05) is 0 Å². The van der Waals surface area contributed by atoms with Crippen molar-refractivity contribution in [1.82, 2.24) is 20.4 Å². The number of amides is 5. The van der Waals surface area contributed by atoms with Crippen molar-refractivity contribution in [2.24, 2.45) is 0 Å². The number of benzene rings is 1. The molecule has 5 amide bonds. The molecule has 0 bridgehead atoms. The van der Waals surface area contributed by atoms with Crippen molar-refractivity contribution in [2.75, 3.05) is 56.0 Å². The Morgan fingerprint density at radius 1 is 0.938 bits per heavy atom. The van der Waals surface area contributed by atoms with Crippen LogP contribution in [0.2, 0.25) is 0 Å². The zero-order valence-corrected chi connectivity index (χ0v) is 19.4. The number of anilines is 2. The van der Waals surface area contributed by atoms with Crippen LogP contribution in [0.3, 0.4) is 0 Å². The molecule has 0 radical (unpaired) electrons. The second-order valence-corrected chi connectivity index (χ2v) is 8.65. The number of hydrogen-bond donors (Lipinski definition) is 3. The molecule has 2 aliphatic heterocycles. The van der Waals surface area contributed by atoms with Crippen LogP contribution < -0.4 is 20.9 Å². The van der Waals surface area contributed by atoms with Gasteiger partial charge >= 0.3 is 12.1 Å². The third-order valence-electron chi connectivity index (χ3n) is 5.79. The minimum atomic E-state index is -0.290. The molecule has 0 atom stereocenters. The van der Waals surface area contributed by atoms with Crippen LogP contribution >= 0.6 is 0 Å². The van der Waals surface area contributed by atoms with Gasteiger partial charge in [-0.25, -0.2) is 9.59 Å². The van der Waals surface area contributed by atoms with E-state index < -0.39 is 0 Å². The van der Waals surface area contributed by atoms with E-state index in [1.807, 2.05) is 42.7 Å². The van der Waals surface area contributed by atoms with Crippen LogP contribution in [0.5, 0.6) is 0 Å². The van der Waals surface area contributed by atoms with Gasteiger partial charge in [0.1, 0.15) is 0 Å². The molecule has 1 aromatic carbocycles. The summed E-state index contributed by atoms with van der Waals surface area (Å²) in [6, 6.07) is 5.27. The Bertz CT molecular complexity index is 814. The van der Waals surface area contributed by atoms with E-state index in [-0.39, 0.29) is 24.0 Å². The highest BCUT2D eigenvalue weighted by molar-refractivity contribution is 6.02. The van der Waals surface area contributed by atoms with Crippen molar-refractivity contribution in [3.63, 3.8) is 0 Å². The number of piperidine rings is 1. The summed E-state index contributed by atoms with van der Waals surface area (Å²) in [4.78, 5) is 43.6. The molecular formula is C23H36N6O3. The fourth-order valence-corrected chi connectivity index (χ4v) is 4.15. The van der Waals surface area contributed by atoms with Crippen molar-refractivity contribution < 1.29 is 14.4 Å². The molecule has 0 unspecified atom stereocenters. The summed E-state index contributed by atoms with van der Waals surface area (Å²) in [5, 5.41) is 8.46. The van der Waals surface area contributed by atoms with E-state index in [9.17, 15) is 14.4 Å². The van der Waals surface area contributed by atoms with E-state index in [1.54, 1.807) is 6.07 Å². The van der Waals surface area contributed by atoms with Crippen LogP contribution in [-0.2, 0) is 0 Å². The maximum absolute atomic E-state index is 13.4. The molecule has 2 saturated heterocycles. The number of piperazine rings is 1. The highest BCUT2D eigenvalue weighted by Crippen LogP contribution is 2.28. The molecule has 3 rings (SSSR count). The first-order valence-corrected chi connectivity index (χ1v) is 11.7. The van der Waals surface area contributed by atoms with Gasteiger partial charge < -0.3 is 30.7 Å². The SMILES string of the molecule is CCNC(=O)Nc1ccc(N2CCN(C(=O)NC(C)C)CC2)c(C(=O)N2CCCCC2)c1. The number of rotatable bonds is 5. The Hall–Kier alpha value is -2.97. The highest BCUT2D eigenvalue weighted by Gasteiger charge is 2.27. The maximum atomic E-state index is 13.4. The minimum Gasteiger partial charge on any atom is -0.367 e. The second kappa shape index (κ2) is 11.1. The zero-order valence-electron chi connectivity index (χ0n) is 19.4. The normalized spacial score (nSPS) is 16.7. The molecule has 2 aliphatic rings. The number of carbonyl (C=O) groups excluding carboxylic acids is 3. The Balaban J connectivity index is 1.79. The second-order valence-electron chi connectivity index (χ2n) is 8.65. The van der Waals surface area contributed by atoms with Gasteiger partial charge in [-0.3, -0.25) is 4.79 Å². The predicted octanol–water partition coefficient (Wildman–Crippen LogP) is 2.69. The van der Waals surface area contributed by atoms with Crippen molar-refractivity contribution in [1.29, 1.82) is 0 Å². The molecule has 0 spiro atoms. The summed E-state index contributed by atoms with van der Waals surface area (Å²) in [6.45, 7) is 10.3. The van der Waals surface area contributed by atoms with Crippen LogP contribution in [0.15, 0.2) is 18.2 Å². The van der Waals surface area contributed by atoms with E-state index in [4.69, 9.17) is 0 Å². The standard InChI is InChI=1S/C23H36N6O3/c1-4-24-22(31)26-18-8-9-20(19(16-18)21(30)28-10-6-5-7-11-28)27-12-14-29(15-13-27)23(32)25-17(2)3/h8-9,16-17H,4-7,10-15H2,1-3H3,(H,25,32)(H2,24,26,31). The third kappa shape index (κ3) is 6.05. The molecule has 1 aromatic rings. The van der Waals surface area contributed by atoms with E-state index in [2.05, 4.69) is 20.9 Å². The molecule has 2 heterocycles. The molecule has 3 N–H and O–H groups in total. The van der Waals surface area contributed by atoms with Crippen molar-refractivity contribution in [3.8, 4) is 0 Å². The third-order valence-corrected chi connectivity index (χ3v) is 5.79. The largest absolute Gasteiger partial charge is 0.367 e. The average Bonchev–Trinajstić information content (AvgIpc) is 2.79. The smallest absolute Gasteiger partial charge is 0.319 e. The van der Waals surface area contributed by atoms with E-state index >= 15 is 0 Å². The number of urea groups is 2. The van der Waals surface area contributed by atoms with Crippen molar-refractivity contribution in [3.05, 3.63) is 23.8 Å². The van der Waals surface area contributed by atoms with Crippen LogP contribution in [0.1, 0.15) is 50.4 Å². The fourth-order valence-electron chi connectivity index (χ4n) is 4.15. The lowest BCUT2D eigenvalue weighted by Gasteiger charge is -2.37. The van der Waals surface area contributed by atoms with Crippen LogP contribution in [0.25, 0.3) is 0 Å². The summed E-state index contributed by atoms with van der Waals surface area (Å²) in [7, 11) is 0. The number of nitrogens with one attached hydrogen (secondary N) is 3. The van der Waals surface area contributed by atoms with Gasteiger partial charge in [0.2, 0.25) is 0 Å². The maximum Gasteiger partial charge on any atom is 0.319 e. The summed E-state index contributed by atoms with van der Waals surface area (Å²) < 4.78 is 0. The van der Waals surface area contributed by atoms with E-state index in [0.717, 1.165) is 38.0 Å². The molecule has 9 nitrogen and oxygen atoms in total. The topological polar surface area (TPSA) is 97.0 Å². The Labute approximate surface area is 190 Å². The van der Waals surface area contributed by atoms with Gasteiger partial charge in [-0.2, -0.15) is 0 Å². The molecule has 2 fully saturated rings. The molecular weight excluding hydrogens is 408 g/mol. The van der Waals surface area contributed by atoms with Crippen molar-refractivity contribution in [2.45, 2.75) is 46.1 Å². The van der Waals surface area contributed by atoms with Gasteiger partial charge in [0, 0.05) is 63.2 Å². The molecule has 176 valence electrons. The van der Waals surface area contributed by atoms with E-state index in [0.29, 0.717) is 44.0 Å².